The number of ether oxygens (including phenoxy) is 2. The lowest BCUT2D eigenvalue weighted by Crippen LogP contribution is -2.46. The Morgan fingerprint density at radius 2 is 1.77 bits per heavy atom. The van der Waals surface area contributed by atoms with Crippen molar-refractivity contribution in [1.29, 1.82) is 0 Å². The monoisotopic (exact) mass is 385 g/mol. The molecule has 1 aliphatic heterocycles. The minimum Gasteiger partial charge on any atom is -0.466 e. The minimum atomic E-state index is -1.93. The van der Waals surface area contributed by atoms with Crippen LogP contribution in [0.5, 0.6) is 0 Å². The van der Waals surface area contributed by atoms with Crippen molar-refractivity contribution in [1.82, 2.24) is 4.90 Å². The Kier molecular flexibility index (Phi) is 7.09. The van der Waals surface area contributed by atoms with E-state index < -0.39 is 19.9 Å². The number of likely N-dealkylation sites (tertiary alicyclic amines) is 1. The van der Waals surface area contributed by atoms with Crippen molar-refractivity contribution in [2.24, 2.45) is 0 Å². The lowest BCUT2D eigenvalue weighted by molar-refractivity contribution is -0.134. The Hall–Kier alpha value is -1.34. The molecule has 0 aliphatic carbocycles. The average Bonchev–Trinajstić information content (AvgIpc) is 2.85. The molecule has 0 aromatic carbocycles. The van der Waals surface area contributed by atoms with Crippen LogP contribution in [0.2, 0.25) is 18.1 Å². The van der Waals surface area contributed by atoms with E-state index in [1.807, 2.05) is 20.8 Å². The standard InChI is InChI=1S/C19H35NO5Si/c1-18(2,3)25-17(22)20-12-14(11-16(21)23-7)10-15(20)13-24-26(8,9)19(4,5)6/h11,15H,10,12-13H2,1-9H3/b14-11+/t15-/m0/s1. The van der Waals surface area contributed by atoms with Crippen LogP contribution in [-0.2, 0) is 18.7 Å². The highest BCUT2D eigenvalue weighted by Gasteiger charge is 2.40. The summed E-state index contributed by atoms with van der Waals surface area (Å²) in [4.78, 5) is 25.8. The zero-order chi connectivity index (χ0) is 20.3. The van der Waals surface area contributed by atoms with Gasteiger partial charge in [-0.25, -0.2) is 9.59 Å². The highest BCUT2D eigenvalue weighted by Crippen LogP contribution is 2.37. The average molecular weight is 386 g/mol. The summed E-state index contributed by atoms with van der Waals surface area (Å²) in [5.41, 5.74) is 0.281. The molecular formula is C19H35NO5Si. The quantitative estimate of drug-likeness (QED) is 0.414. The third-order valence-corrected chi connectivity index (χ3v) is 9.41. The van der Waals surface area contributed by atoms with E-state index in [0.29, 0.717) is 19.6 Å². The molecule has 1 saturated heterocycles. The summed E-state index contributed by atoms with van der Waals surface area (Å²) in [6.45, 7) is 17.2. The van der Waals surface area contributed by atoms with Crippen LogP contribution in [0, 0.1) is 0 Å². The molecule has 0 radical (unpaired) electrons. The lowest BCUT2D eigenvalue weighted by Gasteiger charge is -2.38. The number of nitrogens with zero attached hydrogens (tertiary/aromatic N) is 1. The predicted molar refractivity (Wildman–Crippen MR) is 105 cm³/mol. The number of hydrogen-bond acceptors (Lipinski definition) is 5. The minimum absolute atomic E-state index is 0.0903. The van der Waals surface area contributed by atoms with E-state index in [4.69, 9.17) is 13.9 Å². The molecule has 1 fully saturated rings. The fourth-order valence-electron chi connectivity index (χ4n) is 2.36. The maximum atomic E-state index is 12.6. The van der Waals surface area contributed by atoms with E-state index >= 15 is 0 Å². The van der Waals surface area contributed by atoms with E-state index in [0.717, 1.165) is 5.57 Å². The van der Waals surface area contributed by atoms with Gasteiger partial charge in [-0.15, -0.1) is 0 Å². The van der Waals surface area contributed by atoms with Crippen molar-refractivity contribution in [3.63, 3.8) is 0 Å². The van der Waals surface area contributed by atoms with Gasteiger partial charge in [0.1, 0.15) is 5.60 Å². The molecule has 1 atom stereocenters. The Labute approximate surface area is 159 Å². The van der Waals surface area contributed by atoms with Gasteiger partial charge in [-0.2, -0.15) is 0 Å². The van der Waals surface area contributed by atoms with E-state index in [1.165, 1.54) is 13.2 Å². The first-order valence-corrected chi connectivity index (χ1v) is 12.0. The number of hydrogen-bond donors (Lipinski definition) is 0. The molecule has 7 heteroatoms. The molecule has 0 aromatic heterocycles. The summed E-state index contributed by atoms with van der Waals surface area (Å²) in [5, 5.41) is 0.0903. The smallest absolute Gasteiger partial charge is 0.410 e. The molecule has 1 amide bonds. The number of rotatable bonds is 4. The van der Waals surface area contributed by atoms with Crippen LogP contribution >= 0.6 is 0 Å². The van der Waals surface area contributed by atoms with Crippen LogP contribution in [0.1, 0.15) is 48.0 Å². The second-order valence-corrected chi connectivity index (χ2v) is 14.2. The van der Waals surface area contributed by atoms with E-state index in [2.05, 4.69) is 33.9 Å². The van der Waals surface area contributed by atoms with E-state index in [1.54, 1.807) is 4.90 Å². The zero-order valence-electron chi connectivity index (χ0n) is 17.8. The summed E-state index contributed by atoms with van der Waals surface area (Å²) in [6.07, 6.45) is 1.67. The van der Waals surface area contributed by atoms with Crippen LogP contribution in [0.4, 0.5) is 4.79 Å². The van der Waals surface area contributed by atoms with Crippen molar-refractivity contribution < 1.29 is 23.5 Å². The van der Waals surface area contributed by atoms with E-state index in [9.17, 15) is 9.59 Å². The van der Waals surface area contributed by atoms with Crippen molar-refractivity contribution in [2.45, 2.75) is 77.7 Å². The molecule has 1 aliphatic rings. The summed E-state index contributed by atoms with van der Waals surface area (Å²) in [6, 6.07) is -0.144. The van der Waals surface area contributed by atoms with Crippen LogP contribution in [0.3, 0.4) is 0 Å². The molecule has 0 unspecified atom stereocenters. The van der Waals surface area contributed by atoms with Gasteiger partial charge in [-0.05, 0) is 50.9 Å². The van der Waals surface area contributed by atoms with Crippen LogP contribution in [0.25, 0.3) is 0 Å². The molecular weight excluding hydrogens is 350 g/mol. The summed E-state index contributed by atoms with van der Waals surface area (Å²) >= 11 is 0. The highest BCUT2D eigenvalue weighted by atomic mass is 28.4. The maximum absolute atomic E-state index is 12.6. The van der Waals surface area contributed by atoms with Gasteiger partial charge in [-0.3, -0.25) is 4.90 Å². The molecule has 0 saturated carbocycles. The molecule has 0 bridgehead atoms. The lowest BCUT2D eigenvalue weighted by atomic mass is 10.1. The molecule has 0 spiro atoms. The molecule has 0 aromatic rings. The third kappa shape index (κ3) is 6.43. The first-order valence-electron chi connectivity index (χ1n) is 9.07. The van der Waals surface area contributed by atoms with Crippen LogP contribution < -0.4 is 0 Å². The van der Waals surface area contributed by atoms with Crippen molar-refractivity contribution in [3.05, 3.63) is 11.6 Å². The van der Waals surface area contributed by atoms with Crippen LogP contribution in [0.15, 0.2) is 11.6 Å². The fourth-order valence-corrected chi connectivity index (χ4v) is 3.40. The van der Waals surface area contributed by atoms with E-state index in [-0.39, 0.29) is 17.2 Å². The first kappa shape index (κ1) is 22.7. The Morgan fingerprint density at radius 1 is 1.19 bits per heavy atom. The maximum Gasteiger partial charge on any atom is 0.410 e. The molecule has 150 valence electrons. The molecule has 1 heterocycles. The Morgan fingerprint density at radius 3 is 2.23 bits per heavy atom. The number of methoxy groups -OCH3 is 1. The molecule has 6 nitrogen and oxygen atoms in total. The van der Waals surface area contributed by atoms with Gasteiger partial charge in [0.15, 0.2) is 8.32 Å². The predicted octanol–water partition coefficient (Wildman–Crippen LogP) is 4.12. The number of amides is 1. The molecule has 0 N–H and O–H groups in total. The van der Waals surface area contributed by atoms with Gasteiger partial charge < -0.3 is 13.9 Å². The largest absolute Gasteiger partial charge is 0.466 e. The Bertz CT molecular complexity index is 557. The third-order valence-electron chi connectivity index (χ3n) is 4.91. The number of carbonyl (C=O) groups excluding carboxylic acids is 2. The summed E-state index contributed by atoms with van der Waals surface area (Å²) in [7, 11) is -0.589. The fraction of sp³-hybridized carbons (Fsp3) is 0.789. The zero-order valence-corrected chi connectivity index (χ0v) is 18.8. The van der Waals surface area contributed by atoms with Gasteiger partial charge in [0, 0.05) is 12.6 Å². The van der Waals surface area contributed by atoms with Gasteiger partial charge in [0.05, 0.1) is 19.8 Å². The van der Waals surface area contributed by atoms with Gasteiger partial charge in [-0.1, -0.05) is 20.8 Å². The normalized spacial score (nSPS) is 20.4. The molecule has 1 rings (SSSR count). The Balaban J connectivity index is 2.94. The SMILES string of the molecule is COC(=O)/C=C1\C[C@@H](CO[Si](C)(C)C(C)(C)C)N(C(=O)OC(C)(C)C)C1. The summed E-state index contributed by atoms with van der Waals surface area (Å²) < 4.78 is 16.6. The van der Waals surface area contributed by atoms with Crippen molar-refractivity contribution in [3.8, 4) is 0 Å². The molecule has 26 heavy (non-hydrogen) atoms. The first-order chi connectivity index (χ1) is 11.7. The second-order valence-electron chi connectivity index (χ2n) is 9.36. The van der Waals surface area contributed by atoms with Crippen molar-refractivity contribution in [2.75, 3.05) is 20.3 Å². The second kappa shape index (κ2) is 8.13. The van der Waals surface area contributed by atoms with Gasteiger partial charge in [0.2, 0.25) is 0 Å². The van der Waals surface area contributed by atoms with Crippen molar-refractivity contribution >= 4 is 20.4 Å². The number of esters is 1. The topological polar surface area (TPSA) is 65.1 Å². The van der Waals surface area contributed by atoms with Gasteiger partial charge >= 0.3 is 12.1 Å². The van der Waals surface area contributed by atoms with Gasteiger partial charge in [0.25, 0.3) is 0 Å². The summed E-state index contributed by atoms with van der Waals surface area (Å²) in [5.74, 6) is -0.407. The van der Waals surface area contributed by atoms with Crippen LogP contribution in [-0.4, -0.2) is 57.2 Å². The highest BCUT2D eigenvalue weighted by molar-refractivity contribution is 6.74. The number of carbonyl (C=O) groups is 2.